The Hall–Kier alpha value is -1.14. The number of nitrogens with zero attached hydrogens (tertiary/aromatic N) is 2. The van der Waals surface area contributed by atoms with E-state index in [9.17, 15) is 4.79 Å². The van der Waals surface area contributed by atoms with Crippen LogP contribution in [-0.4, -0.2) is 33.2 Å². The summed E-state index contributed by atoms with van der Waals surface area (Å²) in [5.74, 6) is -0.223. The van der Waals surface area contributed by atoms with Crippen molar-refractivity contribution in [3.63, 3.8) is 0 Å². The zero-order valence-electron chi connectivity index (χ0n) is 11.8. The lowest BCUT2D eigenvalue weighted by atomic mass is 9.80. The van der Waals surface area contributed by atoms with Crippen molar-refractivity contribution in [2.75, 3.05) is 6.54 Å². The maximum atomic E-state index is 11.9. The molecule has 2 rings (SSSR count). The number of nitrogens with two attached hydrogens (primary N) is 1. The van der Waals surface area contributed by atoms with E-state index >= 15 is 0 Å². The van der Waals surface area contributed by atoms with Crippen molar-refractivity contribution in [2.24, 2.45) is 5.73 Å². The number of hydrogen-bond acceptors (Lipinski definition) is 5. The summed E-state index contributed by atoms with van der Waals surface area (Å²) in [6.45, 7) is 2.92. The van der Waals surface area contributed by atoms with Crippen molar-refractivity contribution >= 4 is 17.7 Å². The van der Waals surface area contributed by atoms with Gasteiger partial charge in [0.25, 0.3) is 0 Å². The highest BCUT2D eigenvalue weighted by Gasteiger charge is 2.41. The normalized spacial score (nSPS) is 26.4. The van der Waals surface area contributed by atoms with Crippen LogP contribution in [-0.2, 0) is 4.79 Å². The van der Waals surface area contributed by atoms with E-state index in [1.54, 1.807) is 24.3 Å². The van der Waals surface area contributed by atoms with Crippen LogP contribution in [0.4, 0.5) is 0 Å². The Morgan fingerprint density at radius 3 is 3.15 bits per heavy atom. The fraction of sp³-hybridized carbons (Fsp3) is 0.643. The summed E-state index contributed by atoms with van der Waals surface area (Å²) in [5.41, 5.74) is 5.12. The molecule has 1 aliphatic rings. The molecule has 1 aromatic rings. The van der Waals surface area contributed by atoms with Crippen molar-refractivity contribution in [2.45, 2.75) is 54.8 Å². The van der Waals surface area contributed by atoms with Gasteiger partial charge in [0.1, 0.15) is 6.33 Å². The zero-order chi connectivity index (χ0) is 14.4. The molecule has 20 heavy (non-hydrogen) atoms. The highest BCUT2D eigenvalue weighted by Crippen LogP contribution is 2.37. The van der Waals surface area contributed by atoms with Crippen molar-refractivity contribution < 1.29 is 4.79 Å². The largest absolute Gasteiger partial charge is 0.368 e. The van der Waals surface area contributed by atoms with Crippen LogP contribution >= 0.6 is 11.8 Å². The Morgan fingerprint density at radius 1 is 1.65 bits per heavy atom. The smallest absolute Gasteiger partial charge is 0.237 e. The van der Waals surface area contributed by atoms with Crippen LogP contribution in [0.1, 0.15) is 39.0 Å². The number of carbonyl (C=O) groups excluding carboxylic acids is 1. The van der Waals surface area contributed by atoms with Gasteiger partial charge < -0.3 is 11.1 Å². The fourth-order valence-electron chi connectivity index (χ4n) is 2.68. The standard InChI is InChI=1S/C14H22N4OS/c1-2-7-18-14(13(15)19)6-3-4-11(9-14)20-12-5-8-16-10-17-12/h5,8,10-11,18H,2-4,6-7,9H2,1H3,(H2,15,19). The lowest BCUT2D eigenvalue weighted by molar-refractivity contribution is -0.125. The molecule has 1 heterocycles. The van der Waals surface area contributed by atoms with Gasteiger partial charge in [-0.2, -0.15) is 0 Å². The minimum Gasteiger partial charge on any atom is -0.368 e. The quantitative estimate of drug-likeness (QED) is 0.781. The molecule has 0 saturated heterocycles. The van der Waals surface area contributed by atoms with E-state index in [4.69, 9.17) is 5.73 Å². The number of amides is 1. The molecule has 0 radical (unpaired) electrons. The highest BCUT2D eigenvalue weighted by atomic mass is 32.2. The Labute approximate surface area is 124 Å². The Bertz CT molecular complexity index is 442. The number of nitrogens with one attached hydrogen (secondary N) is 1. The molecule has 1 aromatic heterocycles. The average molecular weight is 294 g/mol. The van der Waals surface area contributed by atoms with Crippen LogP contribution in [0.5, 0.6) is 0 Å². The summed E-state index contributed by atoms with van der Waals surface area (Å²) in [4.78, 5) is 20.1. The van der Waals surface area contributed by atoms with Gasteiger partial charge in [0.15, 0.2) is 0 Å². The molecule has 2 unspecified atom stereocenters. The van der Waals surface area contributed by atoms with Crippen LogP contribution in [0.2, 0.25) is 0 Å². The van der Waals surface area contributed by atoms with Gasteiger partial charge in [-0.15, -0.1) is 11.8 Å². The first-order valence-corrected chi connectivity index (χ1v) is 8.02. The molecule has 1 fully saturated rings. The molecular formula is C14H22N4OS. The molecule has 1 aliphatic carbocycles. The summed E-state index contributed by atoms with van der Waals surface area (Å²) in [6.07, 6.45) is 8.02. The van der Waals surface area contributed by atoms with Gasteiger partial charge in [-0.1, -0.05) is 6.92 Å². The predicted octanol–water partition coefficient (Wildman–Crippen LogP) is 1.73. The van der Waals surface area contributed by atoms with Gasteiger partial charge in [-0.05, 0) is 44.7 Å². The molecular weight excluding hydrogens is 272 g/mol. The zero-order valence-corrected chi connectivity index (χ0v) is 12.7. The van der Waals surface area contributed by atoms with E-state index in [0.717, 1.165) is 43.7 Å². The van der Waals surface area contributed by atoms with Gasteiger partial charge in [0, 0.05) is 11.4 Å². The molecule has 110 valence electrons. The lowest BCUT2D eigenvalue weighted by Gasteiger charge is -2.39. The monoisotopic (exact) mass is 294 g/mol. The topological polar surface area (TPSA) is 80.9 Å². The first kappa shape index (κ1) is 15.3. The van der Waals surface area contributed by atoms with Crippen molar-refractivity contribution in [3.8, 4) is 0 Å². The number of carbonyl (C=O) groups is 1. The van der Waals surface area contributed by atoms with Crippen molar-refractivity contribution in [1.82, 2.24) is 15.3 Å². The average Bonchev–Trinajstić information content (AvgIpc) is 2.46. The van der Waals surface area contributed by atoms with E-state index in [-0.39, 0.29) is 5.91 Å². The van der Waals surface area contributed by atoms with Gasteiger partial charge in [-0.25, -0.2) is 9.97 Å². The summed E-state index contributed by atoms with van der Waals surface area (Å²) in [7, 11) is 0. The van der Waals surface area contributed by atoms with Crippen LogP contribution in [0.25, 0.3) is 0 Å². The maximum absolute atomic E-state index is 11.9. The third-order valence-corrected chi connectivity index (χ3v) is 4.95. The molecule has 0 spiro atoms. The highest BCUT2D eigenvalue weighted by molar-refractivity contribution is 7.99. The molecule has 0 aromatic carbocycles. The predicted molar refractivity (Wildman–Crippen MR) is 80.4 cm³/mol. The summed E-state index contributed by atoms with van der Waals surface area (Å²) in [5, 5.41) is 4.71. The first-order valence-electron chi connectivity index (χ1n) is 7.14. The Balaban J connectivity index is 2.04. The van der Waals surface area contributed by atoms with Gasteiger partial charge in [-0.3, -0.25) is 4.79 Å². The summed E-state index contributed by atoms with van der Waals surface area (Å²) >= 11 is 1.72. The van der Waals surface area contributed by atoms with E-state index < -0.39 is 5.54 Å². The molecule has 3 N–H and O–H groups in total. The minimum atomic E-state index is -0.543. The van der Waals surface area contributed by atoms with Crippen LogP contribution < -0.4 is 11.1 Å². The second kappa shape index (κ2) is 7.04. The number of aromatic nitrogens is 2. The first-order chi connectivity index (χ1) is 9.66. The van der Waals surface area contributed by atoms with Gasteiger partial charge >= 0.3 is 0 Å². The van der Waals surface area contributed by atoms with Crippen molar-refractivity contribution in [1.29, 1.82) is 0 Å². The van der Waals surface area contributed by atoms with Gasteiger partial charge in [0.05, 0.1) is 10.6 Å². The fourth-order valence-corrected chi connectivity index (χ4v) is 3.92. The second-order valence-corrected chi connectivity index (χ2v) is 6.58. The maximum Gasteiger partial charge on any atom is 0.237 e. The van der Waals surface area contributed by atoms with Crippen LogP contribution in [0.3, 0.4) is 0 Å². The number of primary amides is 1. The molecule has 0 aliphatic heterocycles. The minimum absolute atomic E-state index is 0.223. The second-order valence-electron chi connectivity index (χ2n) is 5.26. The molecule has 2 atom stereocenters. The third kappa shape index (κ3) is 3.70. The Morgan fingerprint density at radius 2 is 2.50 bits per heavy atom. The molecule has 1 amide bonds. The van der Waals surface area contributed by atoms with Crippen LogP contribution in [0, 0.1) is 0 Å². The van der Waals surface area contributed by atoms with Crippen molar-refractivity contribution in [3.05, 3.63) is 18.6 Å². The molecule has 1 saturated carbocycles. The molecule has 6 heteroatoms. The third-order valence-electron chi connectivity index (χ3n) is 3.73. The summed E-state index contributed by atoms with van der Waals surface area (Å²) < 4.78 is 0. The number of rotatable bonds is 6. The van der Waals surface area contributed by atoms with Gasteiger partial charge in [0.2, 0.25) is 5.91 Å². The molecule has 5 nitrogen and oxygen atoms in total. The number of hydrogen-bond donors (Lipinski definition) is 2. The van der Waals surface area contributed by atoms with E-state index in [1.807, 2.05) is 6.07 Å². The van der Waals surface area contributed by atoms with E-state index in [1.165, 1.54) is 0 Å². The lowest BCUT2D eigenvalue weighted by Crippen LogP contribution is -2.58. The SMILES string of the molecule is CCCNC1(C(N)=O)CCCC(Sc2ccncn2)C1. The Kier molecular flexibility index (Phi) is 5.37. The van der Waals surface area contributed by atoms with E-state index in [0.29, 0.717) is 5.25 Å². The number of thioether (sulfide) groups is 1. The molecule has 0 bridgehead atoms. The summed E-state index contributed by atoms with van der Waals surface area (Å²) in [6, 6.07) is 1.91. The van der Waals surface area contributed by atoms with E-state index in [2.05, 4.69) is 22.2 Å². The van der Waals surface area contributed by atoms with Crippen LogP contribution in [0.15, 0.2) is 23.6 Å².